The molecule has 3 atom stereocenters. The molecule has 0 aliphatic heterocycles. The number of rotatable bonds is 11. The van der Waals surface area contributed by atoms with Crippen LogP contribution in [0.2, 0.25) is 5.02 Å². The number of halogens is 4. The van der Waals surface area contributed by atoms with Gasteiger partial charge in [0, 0.05) is 23.9 Å². The van der Waals surface area contributed by atoms with Gasteiger partial charge in [0.25, 0.3) is 11.1 Å². The van der Waals surface area contributed by atoms with Crippen LogP contribution in [0.5, 0.6) is 0 Å². The number of unbranched alkanes of at least 4 members (excludes halogenated alkanes) is 1. The molecule has 14 heteroatoms. The first-order valence-electron chi connectivity index (χ1n) is 13.1. The molecule has 0 radical (unpaired) electrons. The highest BCUT2D eigenvalue weighted by atomic mass is 35.5. The van der Waals surface area contributed by atoms with Gasteiger partial charge in [-0.2, -0.15) is 28.4 Å². The molecule has 3 aromatic rings. The van der Waals surface area contributed by atoms with Crippen LogP contribution in [0.15, 0.2) is 40.3 Å². The maximum atomic E-state index is 13.7. The third kappa shape index (κ3) is 6.98. The van der Waals surface area contributed by atoms with Gasteiger partial charge in [0.2, 0.25) is 5.95 Å². The van der Waals surface area contributed by atoms with Crippen molar-refractivity contribution < 1.29 is 13.2 Å². The smallest absolute Gasteiger partial charge is 0.349 e. The van der Waals surface area contributed by atoms with Crippen molar-refractivity contribution in [2.24, 2.45) is 5.92 Å². The summed E-state index contributed by atoms with van der Waals surface area (Å²) in [6.07, 6.45) is 3.09. The molecule has 1 aliphatic carbocycles. The summed E-state index contributed by atoms with van der Waals surface area (Å²) in [5.74, 6) is -0.102. The number of hydrogen-bond donors (Lipinski definition) is 2. The van der Waals surface area contributed by atoms with Crippen LogP contribution < -0.4 is 21.8 Å². The molecule has 3 aromatic heterocycles. The number of nitrogens with zero attached hydrogens (tertiary/aromatic N) is 6. The molecule has 216 valence electrons. The van der Waals surface area contributed by atoms with Crippen LogP contribution in [0.1, 0.15) is 77.4 Å². The molecular weight excluding hydrogens is 549 g/mol. The van der Waals surface area contributed by atoms with Crippen LogP contribution in [0.25, 0.3) is 0 Å². The summed E-state index contributed by atoms with van der Waals surface area (Å²) < 4.78 is 43.7. The Balaban J connectivity index is 1.37. The Morgan fingerprint density at radius 1 is 1.07 bits per heavy atom. The number of anilines is 3. The van der Waals surface area contributed by atoms with Crippen molar-refractivity contribution in [3.05, 3.63) is 62.0 Å². The Hall–Kier alpha value is -3.48. The van der Waals surface area contributed by atoms with E-state index in [1.807, 2.05) is 13.8 Å². The summed E-state index contributed by atoms with van der Waals surface area (Å²) in [6.45, 7) is 7.48. The number of aromatic nitrogens is 6. The normalized spacial score (nSPS) is 19.5. The van der Waals surface area contributed by atoms with Gasteiger partial charge >= 0.3 is 6.18 Å². The van der Waals surface area contributed by atoms with E-state index in [2.05, 4.69) is 30.8 Å². The summed E-state index contributed by atoms with van der Waals surface area (Å²) in [6, 6.07) is 2.27. The average molecular weight is 581 g/mol. The number of nitrogens with one attached hydrogen (secondary N) is 2. The highest BCUT2D eigenvalue weighted by molar-refractivity contribution is 6.30. The van der Waals surface area contributed by atoms with Crippen molar-refractivity contribution in [2.75, 3.05) is 10.6 Å². The second kappa shape index (κ2) is 11.6. The van der Waals surface area contributed by atoms with E-state index in [0.29, 0.717) is 10.9 Å². The fourth-order valence-electron chi connectivity index (χ4n) is 4.72. The van der Waals surface area contributed by atoms with E-state index in [4.69, 9.17) is 11.6 Å². The largest absolute Gasteiger partial charge is 0.421 e. The summed E-state index contributed by atoms with van der Waals surface area (Å²) >= 11 is 5.81. The van der Waals surface area contributed by atoms with Crippen LogP contribution in [-0.2, 0) is 6.18 Å². The van der Waals surface area contributed by atoms with E-state index in [-0.39, 0.29) is 34.8 Å². The third-order valence-electron chi connectivity index (χ3n) is 7.12. The molecule has 0 amide bonds. The second-order valence-electron chi connectivity index (χ2n) is 10.7. The first kappa shape index (κ1) is 29.5. The summed E-state index contributed by atoms with van der Waals surface area (Å²) in [5, 5.41) is 14.2. The number of alkyl halides is 3. The third-order valence-corrected chi connectivity index (χ3v) is 7.32. The molecule has 10 nitrogen and oxygen atoms in total. The van der Waals surface area contributed by atoms with Gasteiger partial charge in [0.05, 0.1) is 35.2 Å². The minimum absolute atomic E-state index is 0.0609. The molecule has 3 heterocycles. The zero-order chi connectivity index (χ0) is 29.2. The topological polar surface area (TPSA) is 120 Å². The fraction of sp³-hybridized carbons (Fsp3) is 0.538. The Labute approximate surface area is 234 Å². The van der Waals surface area contributed by atoms with Crippen molar-refractivity contribution in [1.29, 1.82) is 0 Å². The van der Waals surface area contributed by atoms with E-state index >= 15 is 0 Å². The second-order valence-corrected chi connectivity index (χ2v) is 11.2. The van der Waals surface area contributed by atoms with Gasteiger partial charge in [-0.15, -0.1) is 0 Å². The van der Waals surface area contributed by atoms with Crippen LogP contribution in [0, 0.1) is 5.92 Å². The van der Waals surface area contributed by atoms with Gasteiger partial charge < -0.3 is 10.6 Å². The van der Waals surface area contributed by atoms with E-state index < -0.39 is 23.1 Å². The molecule has 2 N–H and O–H groups in total. The van der Waals surface area contributed by atoms with Gasteiger partial charge in [-0.3, -0.25) is 9.59 Å². The van der Waals surface area contributed by atoms with Crippen molar-refractivity contribution in [1.82, 2.24) is 29.5 Å². The van der Waals surface area contributed by atoms with E-state index in [1.165, 1.54) is 33.9 Å². The molecule has 0 saturated heterocycles. The van der Waals surface area contributed by atoms with Gasteiger partial charge in [-0.05, 0) is 52.9 Å². The molecule has 0 bridgehead atoms. The maximum absolute atomic E-state index is 13.7. The minimum Gasteiger partial charge on any atom is -0.349 e. The minimum atomic E-state index is -4.70. The molecule has 1 fully saturated rings. The Bertz CT molecular complexity index is 1480. The molecule has 40 heavy (non-hydrogen) atoms. The predicted octanol–water partition coefficient (Wildman–Crippen LogP) is 5.60. The molecule has 3 unspecified atom stereocenters. The first-order valence-corrected chi connectivity index (χ1v) is 13.5. The van der Waals surface area contributed by atoms with Crippen LogP contribution >= 0.6 is 11.6 Å². The standard InChI is InChI=1S/C26H32ClF3N8O2/c1-15(2)37-22(40)10-19(13-33-37)34-23-20(26(28,29)30)14-31-24(35-23)36-25(4)11-17(25)8-6-5-7-16(3)38-21(39)9-18(27)12-32-38/h9-10,12-17H,5-8,11H2,1-4H3,(H2,31,34,35,36). The van der Waals surface area contributed by atoms with Crippen molar-refractivity contribution >= 4 is 29.1 Å². The lowest BCUT2D eigenvalue weighted by Gasteiger charge is -2.18. The van der Waals surface area contributed by atoms with Crippen molar-refractivity contribution in [3.63, 3.8) is 0 Å². The highest BCUT2D eigenvalue weighted by Crippen LogP contribution is 2.48. The van der Waals surface area contributed by atoms with Gasteiger partial charge in [0.1, 0.15) is 11.4 Å². The monoisotopic (exact) mass is 580 g/mol. The average Bonchev–Trinajstić information content (AvgIpc) is 3.49. The summed E-state index contributed by atoms with van der Waals surface area (Å²) in [7, 11) is 0. The number of hydrogen-bond acceptors (Lipinski definition) is 8. The summed E-state index contributed by atoms with van der Waals surface area (Å²) in [4.78, 5) is 32.4. The molecule has 1 aliphatic rings. The zero-order valence-electron chi connectivity index (χ0n) is 22.7. The predicted molar refractivity (Wildman–Crippen MR) is 146 cm³/mol. The lowest BCUT2D eigenvalue weighted by Crippen LogP contribution is -2.25. The van der Waals surface area contributed by atoms with E-state index in [1.54, 1.807) is 13.8 Å². The fourth-order valence-corrected chi connectivity index (χ4v) is 4.85. The molecule has 4 rings (SSSR count). The Morgan fingerprint density at radius 3 is 2.42 bits per heavy atom. The van der Waals surface area contributed by atoms with Crippen LogP contribution in [0.4, 0.5) is 30.6 Å². The molecule has 0 aromatic carbocycles. The lowest BCUT2D eigenvalue weighted by molar-refractivity contribution is -0.137. The zero-order valence-corrected chi connectivity index (χ0v) is 23.4. The van der Waals surface area contributed by atoms with E-state index in [0.717, 1.165) is 38.3 Å². The van der Waals surface area contributed by atoms with E-state index in [9.17, 15) is 22.8 Å². The quantitative estimate of drug-likeness (QED) is 0.281. The Morgan fingerprint density at radius 2 is 1.77 bits per heavy atom. The molecule has 1 saturated carbocycles. The SMILES string of the molecule is CC(C)n1ncc(Nc2nc(NC3(C)CC3CCCCC(C)n3ncc(Cl)cc3=O)ncc2C(F)(F)F)cc1=O. The van der Waals surface area contributed by atoms with Crippen LogP contribution in [0.3, 0.4) is 0 Å². The van der Waals surface area contributed by atoms with Gasteiger partial charge in [-0.1, -0.05) is 24.4 Å². The lowest BCUT2D eigenvalue weighted by atomic mass is 10.1. The summed E-state index contributed by atoms with van der Waals surface area (Å²) in [5.41, 5.74) is -1.98. The van der Waals surface area contributed by atoms with Crippen molar-refractivity contribution in [2.45, 2.75) is 83.6 Å². The Kier molecular flexibility index (Phi) is 8.52. The van der Waals surface area contributed by atoms with Crippen molar-refractivity contribution in [3.8, 4) is 0 Å². The maximum Gasteiger partial charge on any atom is 0.421 e. The van der Waals surface area contributed by atoms with Gasteiger partial charge in [-0.25, -0.2) is 14.3 Å². The first-order chi connectivity index (χ1) is 18.8. The molecule has 0 spiro atoms. The highest BCUT2D eigenvalue weighted by Gasteiger charge is 2.50. The van der Waals surface area contributed by atoms with Gasteiger partial charge in [0.15, 0.2) is 0 Å². The van der Waals surface area contributed by atoms with Crippen LogP contribution in [-0.4, -0.2) is 35.1 Å². The molecular formula is C26H32ClF3N8O2.